The van der Waals surface area contributed by atoms with Crippen molar-refractivity contribution in [1.29, 1.82) is 0 Å². The van der Waals surface area contributed by atoms with Crippen LogP contribution in [0.15, 0.2) is 10.6 Å². The number of carbonyl (C=O) groups is 2. The molecule has 22 heavy (non-hydrogen) atoms. The van der Waals surface area contributed by atoms with E-state index in [0.717, 1.165) is 44.3 Å². The van der Waals surface area contributed by atoms with Gasteiger partial charge in [0.25, 0.3) is 5.91 Å². The van der Waals surface area contributed by atoms with E-state index in [4.69, 9.17) is 4.52 Å². The van der Waals surface area contributed by atoms with Crippen molar-refractivity contribution in [2.75, 3.05) is 26.7 Å². The van der Waals surface area contributed by atoms with Crippen molar-refractivity contribution in [2.24, 2.45) is 5.41 Å². The first-order valence-corrected chi connectivity index (χ1v) is 8.10. The molecule has 0 unspecified atom stereocenters. The zero-order chi connectivity index (χ0) is 15.3. The van der Waals surface area contributed by atoms with Gasteiger partial charge in [-0.05, 0) is 32.1 Å². The van der Waals surface area contributed by atoms with Crippen LogP contribution >= 0.6 is 0 Å². The molecule has 1 spiro atoms. The number of rotatable bonds is 2. The van der Waals surface area contributed by atoms with Crippen LogP contribution in [0.2, 0.25) is 0 Å². The van der Waals surface area contributed by atoms with Crippen LogP contribution in [-0.4, -0.2) is 53.5 Å². The van der Waals surface area contributed by atoms with Crippen molar-refractivity contribution in [3.05, 3.63) is 17.5 Å². The fourth-order valence-electron chi connectivity index (χ4n) is 3.81. The first kappa shape index (κ1) is 13.8. The lowest BCUT2D eigenvalue weighted by Crippen LogP contribution is -2.48. The van der Waals surface area contributed by atoms with E-state index < -0.39 is 0 Å². The Morgan fingerprint density at radius 1 is 1.36 bits per heavy atom. The molecule has 1 atom stereocenters. The molecule has 6 heteroatoms. The van der Waals surface area contributed by atoms with Crippen LogP contribution in [0.25, 0.3) is 0 Å². The summed E-state index contributed by atoms with van der Waals surface area (Å²) >= 11 is 0. The van der Waals surface area contributed by atoms with Gasteiger partial charge in [-0.2, -0.15) is 0 Å². The maximum Gasteiger partial charge on any atom is 0.292 e. The number of carbonyl (C=O) groups excluding carboxylic acids is 2. The third-order valence-electron chi connectivity index (χ3n) is 5.33. The minimum atomic E-state index is -0.373. The highest BCUT2D eigenvalue weighted by atomic mass is 16.5. The molecule has 6 nitrogen and oxygen atoms in total. The third kappa shape index (κ3) is 2.12. The smallest absolute Gasteiger partial charge is 0.292 e. The normalized spacial score (nSPS) is 28.7. The molecular weight excluding hydrogens is 282 g/mol. The van der Waals surface area contributed by atoms with Gasteiger partial charge in [0.2, 0.25) is 11.7 Å². The molecule has 1 saturated carbocycles. The van der Waals surface area contributed by atoms with E-state index in [1.54, 1.807) is 15.9 Å². The molecule has 1 aliphatic carbocycles. The Hall–Kier alpha value is -1.85. The minimum absolute atomic E-state index is 0.127. The third-order valence-corrected chi connectivity index (χ3v) is 5.33. The van der Waals surface area contributed by atoms with Gasteiger partial charge in [0.15, 0.2) is 0 Å². The number of hydrogen-bond acceptors (Lipinski definition) is 4. The van der Waals surface area contributed by atoms with Crippen molar-refractivity contribution in [1.82, 2.24) is 15.0 Å². The van der Waals surface area contributed by atoms with E-state index in [0.29, 0.717) is 24.8 Å². The monoisotopic (exact) mass is 303 g/mol. The van der Waals surface area contributed by atoms with E-state index in [1.165, 1.54) is 0 Å². The lowest BCUT2D eigenvalue weighted by atomic mass is 9.78. The molecule has 3 aliphatic rings. The molecule has 0 aromatic carbocycles. The Labute approximate surface area is 129 Å². The molecule has 0 bridgehead atoms. The molecule has 2 aliphatic heterocycles. The average Bonchev–Trinajstić information content (AvgIpc) is 3.10. The minimum Gasteiger partial charge on any atom is -0.351 e. The first-order valence-electron chi connectivity index (χ1n) is 8.10. The van der Waals surface area contributed by atoms with Gasteiger partial charge in [-0.15, -0.1) is 0 Å². The summed E-state index contributed by atoms with van der Waals surface area (Å²) < 4.78 is 5.23. The summed E-state index contributed by atoms with van der Waals surface area (Å²) in [6.07, 6.45) is 4.91. The summed E-state index contributed by atoms with van der Waals surface area (Å²) in [7, 11) is 1.85. The number of aromatic nitrogens is 1. The second kappa shape index (κ2) is 4.83. The van der Waals surface area contributed by atoms with Crippen molar-refractivity contribution in [2.45, 2.75) is 38.0 Å². The maximum atomic E-state index is 12.6. The maximum absolute atomic E-state index is 12.6. The van der Waals surface area contributed by atoms with Crippen molar-refractivity contribution >= 4 is 11.8 Å². The summed E-state index contributed by atoms with van der Waals surface area (Å²) in [5, 5.41) is 4.00. The van der Waals surface area contributed by atoms with E-state index >= 15 is 0 Å². The average molecular weight is 303 g/mol. The molecule has 118 valence electrons. The van der Waals surface area contributed by atoms with E-state index in [-0.39, 0.29) is 17.2 Å². The summed E-state index contributed by atoms with van der Waals surface area (Å²) in [5.41, 5.74) is 0.521. The highest BCUT2D eigenvalue weighted by Gasteiger charge is 2.49. The molecule has 0 N–H and O–H groups in total. The Bertz CT molecular complexity index is 622. The summed E-state index contributed by atoms with van der Waals surface area (Å²) in [6.45, 7) is 1.95. The van der Waals surface area contributed by atoms with Crippen molar-refractivity contribution < 1.29 is 14.1 Å². The molecular formula is C16H21N3O3. The number of likely N-dealkylation sites (tertiary alicyclic amines) is 2. The molecule has 1 aromatic rings. The van der Waals surface area contributed by atoms with Crippen LogP contribution < -0.4 is 0 Å². The van der Waals surface area contributed by atoms with E-state index in [2.05, 4.69) is 5.16 Å². The summed E-state index contributed by atoms with van der Waals surface area (Å²) in [6, 6.07) is 1.78. The predicted octanol–water partition coefficient (Wildman–Crippen LogP) is 1.64. The fourth-order valence-corrected chi connectivity index (χ4v) is 3.81. The Morgan fingerprint density at radius 3 is 2.95 bits per heavy atom. The van der Waals surface area contributed by atoms with Crippen LogP contribution in [0.1, 0.15) is 54.3 Å². The number of hydrogen-bond donors (Lipinski definition) is 0. The lowest BCUT2D eigenvalue weighted by molar-refractivity contribution is -0.143. The molecule has 4 rings (SSSR count). The van der Waals surface area contributed by atoms with Gasteiger partial charge in [0.1, 0.15) is 0 Å². The van der Waals surface area contributed by atoms with E-state index in [1.807, 2.05) is 7.05 Å². The zero-order valence-electron chi connectivity index (χ0n) is 12.9. The van der Waals surface area contributed by atoms with Gasteiger partial charge in [0.05, 0.1) is 11.1 Å². The first-order chi connectivity index (χ1) is 10.6. The molecule has 3 heterocycles. The highest BCUT2D eigenvalue weighted by molar-refractivity contribution is 5.93. The van der Waals surface area contributed by atoms with Gasteiger partial charge < -0.3 is 14.3 Å². The summed E-state index contributed by atoms with van der Waals surface area (Å²) in [4.78, 5) is 28.7. The number of nitrogens with zero attached hydrogens (tertiary/aromatic N) is 3. The predicted molar refractivity (Wildman–Crippen MR) is 78.3 cm³/mol. The molecule has 2 saturated heterocycles. The Balaban J connectivity index is 1.49. The summed E-state index contributed by atoms with van der Waals surface area (Å²) in [5.74, 6) is 0.849. The van der Waals surface area contributed by atoms with Crippen LogP contribution in [0, 0.1) is 5.41 Å². The van der Waals surface area contributed by atoms with Crippen molar-refractivity contribution in [3.63, 3.8) is 0 Å². The van der Waals surface area contributed by atoms with E-state index in [9.17, 15) is 9.59 Å². The second-order valence-corrected chi connectivity index (χ2v) is 6.98. The number of amides is 2. The Morgan fingerprint density at radius 2 is 2.18 bits per heavy atom. The van der Waals surface area contributed by atoms with Gasteiger partial charge in [0, 0.05) is 38.7 Å². The standard InChI is InChI=1S/C16H21N3O3/c1-18-7-2-5-16(15(18)21)6-8-19(10-16)14(20)13-9-12(17-22-13)11-3-4-11/h9,11H,2-8,10H2,1H3/t16-/m0/s1. The highest BCUT2D eigenvalue weighted by Crippen LogP contribution is 2.41. The molecule has 0 radical (unpaired) electrons. The van der Waals surface area contributed by atoms with Crippen LogP contribution in [0.3, 0.4) is 0 Å². The van der Waals surface area contributed by atoms with Gasteiger partial charge in [-0.25, -0.2) is 0 Å². The van der Waals surface area contributed by atoms with Gasteiger partial charge in [-0.3, -0.25) is 9.59 Å². The SMILES string of the molecule is CN1CCC[C@@]2(CCN(C(=O)c3cc(C4CC4)no3)C2)C1=O. The molecule has 1 aromatic heterocycles. The number of piperidine rings is 1. The van der Waals surface area contributed by atoms with Crippen LogP contribution in [-0.2, 0) is 4.79 Å². The van der Waals surface area contributed by atoms with Crippen LogP contribution in [0.4, 0.5) is 0 Å². The quantitative estimate of drug-likeness (QED) is 0.833. The fraction of sp³-hybridized carbons (Fsp3) is 0.688. The zero-order valence-corrected chi connectivity index (χ0v) is 12.9. The van der Waals surface area contributed by atoms with Gasteiger partial charge >= 0.3 is 0 Å². The second-order valence-electron chi connectivity index (χ2n) is 6.98. The molecule has 2 amide bonds. The van der Waals surface area contributed by atoms with Gasteiger partial charge in [-0.1, -0.05) is 5.16 Å². The topological polar surface area (TPSA) is 66.7 Å². The largest absolute Gasteiger partial charge is 0.351 e. The molecule has 3 fully saturated rings. The van der Waals surface area contributed by atoms with Crippen molar-refractivity contribution in [3.8, 4) is 0 Å². The lowest BCUT2D eigenvalue weighted by Gasteiger charge is -2.37. The van der Waals surface area contributed by atoms with Crippen LogP contribution in [0.5, 0.6) is 0 Å². The Kier molecular flexibility index (Phi) is 3.03.